The van der Waals surface area contributed by atoms with Crippen molar-refractivity contribution in [3.05, 3.63) is 57.6 Å². The van der Waals surface area contributed by atoms with Crippen molar-refractivity contribution < 1.29 is 0 Å². The molecular formula is C18H20BrN. The summed E-state index contributed by atoms with van der Waals surface area (Å²) in [6.45, 7) is 4.51. The first kappa shape index (κ1) is 13.8. The van der Waals surface area contributed by atoms with Crippen LogP contribution in [0.5, 0.6) is 0 Å². The molecule has 0 fully saturated rings. The van der Waals surface area contributed by atoms with Gasteiger partial charge < -0.3 is 0 Å². The normalized spacial score (nSPS) is 26.1. The predicted molar refractivity (Wildman–Crippen MR) is 89.3 cm³/mol. The fourth-order valence-corrected chi connectivity index (χ4v) is 3.69. The summed E-state index contributed by atoms with van der Waals surface area (Å²) in [6.07, 6.45) is 8.16. The third-order valence-electron chi connectivity index (χ3n) is 4.21. The van der Waals surface area contributed by atoms with E-state index < -0.39 is 0 Å². The Kier molecular flexibility index (Phi) is 3.93. The van der Waals surface area contributed by atoms with Gasteiger partial charge in [-0.3, -0.25) is 4.99 Å². The van der Waals surface area contributed by atoms with Crippen LogP contribution in [0.2, 0.25) is 0 Å². The van der Waals surface area contributed by atoms with Gasteiger partial charge >= 0.3 is 0 Å². The average Bonchev–Trinajstić information content (AvgIpc) is 2.88. The average molecular weight is 330 g/mol. The fourth-order valence-electron chi connectivity index (χ4n) is 3.18. The van der Waals surface area contributed by atoms with Crippen LogP contribution in [-0.2, 0) is 0 Å². The zero-order valence-electron chi connectivity index (χ0n) is 12.1. The molecule has 20 heavy (non-hydrogen) atoms. The van der Waals surface area contributed by atoms with Gasteiger partial charge in [0.1, 0.15) is 0 Å². The Labute approximate surface area is 129 Å². The quantitative estimate of drug-likeness (QED) is 0.696. The first-order valence-electron chi connectivity index (χ1n) is 7.35. The van der Waals surface area contributed by atoms with Gasteiger partial charge in [-0.25, -0.2) is 0 Å². The highest BCUT2D eigenvalue weighted by Gasteiger charge is 2.25. The summed E-state index contributed by atoms with van der Waals surface area (Å²) in [7, 11) is 0. The summed E-state index contributed by atoms with van der Waals surface area (Å²) in [5.74, 6) is 0.673. The first-order chi connectivity index (χ1) is 9.65. The molecule has 0 amide bonds. The van der Waals surface area contributed by atoms with Crippen molar-refractivity contribution in [1.29, 1.82) is 0 Å². The maximum absolute atomic E-state index is 5.00. The highest BCUT2D eigenvalue weighted by Crippen LogP contribution is 2.33. The van der Waals surface area contributed by atoms with Crippen LogP contribution in [0.3, 0.4) is 0 Å². The molecule has 0 aromatic heterocycles. The molecule has 0 N–H and O–H groups in total. The van der Waals surface area contributed by atoms with Crippen LogP contribution in [0.15, 0.2) is 57.0 Å². The van der Waals surface area contributed by atoms with Crippen molar-refractivity contribution in [2.75, 3.05) is 0 Å². The molecule has 0 bridgehead atoms. The van der Waals surface area contributed by atoms with E-state index in [0.717, 1.165) is 23.7 Å². The molecule has 1 aliphatic carbocycles. The number of rotatable bonds is 2. The topological polar surface area (TPSA) is 12.4 Å². The number of hydrogen-bond acceptors (Lipinski definition) is 1. The van der Waals surface area contributed by atoms with Gasteiger partial charge in [0.05, 0.1) is 6.04 Å². The molecule has 1 aromatic carbocycles. The van der Waals surface area contributed by atoms with Crippen LogP contribution in [0.1, 0.15) is 38.7 Å². The zero-order chi connectivity index (χ0) is 14.1. The van der Waals surface area contributed by atoms with Gasteiger partial charge in [0.25, 0.3) is 0 Å². The van der Waals surface area contributed by atoms with E-state index >= 15 is 0 Å². The molecule has 1 heterocycles. The second-order valence-corrected chi connectivity index (χ2v) is 6.69. The second-order valence-electron chi connectivity index (χ2n) is 5.83. The Hall–Kier alpha value is -1.15. The lowest BCUT2D eigenvalue weighted by molar-refractivity contribution is 0.688. The summed E-state index contributed by atoms with van der Waals surface area (Å²) in [5.41, 5.74) is 5.37. The minimum atomic E-state index is 0.362. The highest BCUT2D eigenvalue weighted by atomic mass is 79.9. The van der Waals surface area contributed by atoms with Gasteiger partial charge in [-0.15, -0.1) is 0 Å². The molecule has 0 radical (unpaired) electrons. The van der Waals surface area contributed by atoms with Crippen LogP contribution < -0.4 is 0 Å². The minimum Gasteiger partial charge on any atom is -0.281 e. The summed E-state index contributed by atoms with van der Waals surface area (Å²) in [5, 5.41) is 0. The smallest absolute Gasteiger partial charge is 0.0755 e. The summed E-state index contributed by atoms with van der Waals surface area (Å²) in [6, 6.07) is 8.76. The van der Waals surface area contributed by atoms with Gasteiger partial charge in [-0.05, 0) is 49.3 Å². The standard InChI is InChI=1S/C18H20BrN/c1-12-7-8-14(13(2)11-12)17-9-10-18(20-17)15-5-3-4-6-16(15)19/h3-6,8,11-12,17H,7,9-10H2,1-2H3. The molecule has 0 spiro atoms. The molecule has 1 nitrogen and oxygen atoms in total. The molecule has 1 aliphatic heterocycles. The molecule has 1 aromatic rings. The molecule has 0 saturated carbocycles. The Bertz CT molecular complexity index is 610. The van der Waals surface area contributed by atoms with E-state index in [0.29, 0.717) is 12.0 Å². The van der Waals surface area contributed by atoms with Gasteiger partial charge in [-0.1, -0.05) is 53.2 Å². The zero-order valence-corrected chi connectivity index (χ0v) is 13.7. The largest absolute Gasteiger partial charge is 0.281 e. The van der Waals surface area contributed by atoms with E-state index in [1.165, 1.54) is 22.4 Å². The second kappa shape index (κ2) is 5.69. The Balaban J connectivity index is 1.86. The third kappa shape index (κ3) is 2.67. The van der Waals surface area contributed by atoms with Crippen LogP contribution in [0, 0.1) is 5.92 Å². The number of nitrogens with zero attached hydrogens (tertiary/aromatic N) is 1. The number of hydrogen-bond donors (Lipinski definition) is 0. The molecule has 2 aliphatic rings. The molecule has 2 unspecified atom stereocenters. The monoisotopic (exact) mass is 329 g/mol. The van der Waals surface area contributed by atoms with Crippen LogP contribution in [0.25, 0.3) is 0 Å². The number of aliphatic imine (C=N–C) groups is 1. The molecule has 2 atom stereocenters. The van der Waals surface area contributed by atoms with Gasteiger partial charge in [0.15, 0.2) is 0 Å². The van der Waals surface area contributed by atoms with Gasteiger partial charge in [0, 0.05) is 15.7 Å². The van der Waals surface area contributed by atoms with E-state index in [4.69, 9.17) is 4.99 Å². The van der Waals surface area contributed by atoms with Crippen LogP contribution in [0.4, 0.5) is 0 Å². The molecule has 3 rings (SSSR count). The Morgan fingerprint density at radius 2 is 2.05 bits per heavy atom. The summed E-state index contributed by atoms with van der Waals surface area (Å²) >= 11 is 3.64. The lowest BCUT2D eigenvalue weighted by atomic mass is 9.88. The molecular weight excluding hydrogens is 310 g/mol. The molecule has 0 saturated heterocycles. The highest BCUT2D eigenvalue weighted by molar-refractivity contribution is 9.10. The predicted octanol–water partition coefficient (Wildman–Crippen LogP) is 5.31. The number of halogens is 1. The van der Waals surface area contributed by atoms with Crippen molar-refractivity contribution in [2.45, 2.75) is 39.2 Å². The van der Waals surface area contributed by atoms with Crippen LogP contribution in [-0.4, -0.2) is 11.8 Å². The first-order valence-corrected chi connectivity index (χ1v) is 8.15. The lowest BCUT2D eigenvalue weighted by Crippen LogP contribution is -2.10. The summed E-state index contributed by atoms with van der Waals surface area (Å²) < 4.78 is 1.15. The third-order valence-corrected chi connectivity index (χ3v) is 4.90. The van der Waals surface area contributed by atoms with Crippen molar-refractivity contribution in [3.63, 3.8) is 0 Å². The van der Waals surface area contributed by atoms with Crippen molar-refractivity contribution in [2.24, 2.45) is 10.9 Å². The SMILES string of the molecule is CC1=CC(C)CC=C1C1CCC(c2ccccc2Br)=N1. The van der Waals surface area contributed by atoms with E-state index in [1.54, 1.807) is 0 Å². The molecule has 104 valence electrons. The summed E-state index contributed by atoms with van der Waals surface area (Å²) in [4.78, 5) is 5.00. The van der Waals surface area contributed by atoms with Gasteiger partial charge in [0.2, 0.25) is 0 Å². The lowest BCUT2D eigenvalue weighted by Gasteiger charge is -2.20. The Morgan fingerprint density at radius 1 is 1.25 bits per heavy atom. The maximum atomic E-state index is 5.00. The maximum Gasteiger partial charge on any atom is 0.0755 e. The van der Waals surface area contributed by atoms with E-state index in [1.807, 2.05) is 0 Å². The van der Waals surface area contributed by atoms with Gasteiger partial charge in [-0.2, -0.15) is 0 Å². The number of allylic oxidation sites excluding steroid dienone is 2. The Morgan fingerprint density at radius 3 is 2.80 bits per heavy atom. The fraction of sp³-hybridized carbons (Fsp3) is 0.389. The van der Waals surface area contributed by atoms with E-state index in [-0.39, 0.29) is 0 Å². The minimum absolute atomic E-state index is 0.362. The van der Waals surface area contributed by atoms with Crippen LogP contribution >= 0.6 is 15.9 Å². The van der Waals surface area contributed by atoms with Crippen molar-refractivity contribution in [1.82, 2.24) is 0 Å². The molecule has 2 heteroatoms. The van der Waals surface area contributed by atoms with Crippen molar-refractivity contribution in [3.8, 4) is 0 Å². The van der Waals surface area contributed by atoms with E-state index in [9.17, 15) is 0 Å². The van der Waals surface area contributed by atoms with E-state index in [2.05, 4.69) is 66.2 Å². The number of benzene rings is 1. The van der Waals surface area contributed by atoms with Crippen molar-refractivity contribution >= 4 is 21.6 Å².